The quantitative estimate of drug-likeness (QED) is 0.293. The lowest BCUT2D eigenvalue weighted by Crippen LogP contribution is -2.11. The lowest BCUT2D eigenvalue weighted by atomic mass is 10.1. The molecule has 1 aliphatic carbocycles. The zero-order valence-electron chi connectivity index (χ0n) is 11.7. The number of benzene rings is 1. The van der Waals surface area contributed by atoms with Gasteiger partial charge in [-0.3, -0.25) is 4.79 Å². The van der Waals surface area contributed by atoms with E-state index in [2.05, 4.69) is 45.7 Å². The molecule has 1 aromatic rings. The predicted octanol–water partition coefficient (Wildman–Crippen LogP) is 5.25. The molecule has 2 nitrogen and oxygen atoms in total. The number of halogens is 4. The van der Waals surface area contributed by atoms with Gasteiger partial charge in [-0.2, -0.15) is 0 Å². The van der Waals surface area contributed by atoms with Gasteiger partial charge in [-0.15, -0.1) is 0 Å². The molecule has 6 heteroatoms. The lowest BCUT2D eigenvalue weighted by molar-refractivity contribution is -0.147. The fraction of sp³-hybridized carbons (Fsp3) is 0.533. The fourth-order valence-electron chi connectivity index (χ4n) is 2.74. The third-order valence-corrected chi connectivity index (χ3v) is 5.72. The van der Waals surface area contributed by atoms with Crippen LogP contribution in [0.3, 0.4) is 0 Å². The van der Waals surface area contributed by atoms with Crippen LogP contribution in [0, 0.1) is 26.6 Å². The van der Waals surface area contributed by atoms with Crippen molar-refractivity contribution in [3.63, 3.8) is 0 Å². The summed E-state index contributed by atoms with van der Waals surface area (Å²) in [5.41, 5.74) is 0.365. The summed E-state index contributed by atoms with van der Waals surface area (Å²) in [5.74, 6) is -0.363. The van der Waals surface area contributed by atoms with E-state index in [9.17, 15) is 9.18 Å². The molecular weight excluding hydrogens is 518 g/mol. The molecule has 1 fully saturated rings. The van der Waals surface area contributed by atoms with Crippen LogP contribution in [0.4, 0.5) is 4.39 Å². The number of rotatable bonds is 5. The molecule has 21 heavy (non-hydrogen) atoms. The third kappa shape index (κ3) is 3.99. The van der Waals surface area contributed by atoms with Gasteiger partial charge in [0.2, 0.25) is 0 Å². The molecule has 0 amide bonds. The summed E-state index contributed by atoms with van der Waals surface area (Å²) < 4.78 is 19.9. The van der Waals surface area contributed by atoms with Crippen LogP contribution < -0.4 is 0 Å². The summed E-state index contributed by atoms with van der Waals surface area (Å²) >= 11 is 8.83. The molecule has 1 aromatic carbocycles. The Morgan fingerprint density at radius 2 is 2.14 bits per heavy atom. The molecule has 2 atom stereocenters. The van der Waals surface area contributed by atoms with Crippen molar-refractivity contribution < 1.29 is 13.9 Å². The smallest absolute Gasteiger partial charge is 0.310 e. The normalized spacial score (nSPS) is 23.2. The monoisotopic (exact) mass is 532 g/mol. The number of hydrogen-bond donors (Lipinski definition) is 0. The van der Waals surface area contributed by atoms with Crippen molar-refractivity contribution in [1.29, 1.82) is 0 Å². The number of carbonyl (C=O) groups is 1. The largest absolute Gasteiger partial charge is 0.460 e. The van der Waals surface area contributed by atoms with Gasteiger partial charge in [0.15, 0.2) is 0 Å². The third-order valence-electron chi connectivity index (χ3n) is 4.14. The van der Waals surface area contributed by atoms with Crippen LogP contribution in [-0.4, -0.2) is 9.71 Å². The van der Waals surface area contributed by atoms with Crippen molar-refractivity contribution in [2.45, 2.75) is 30.6 Å². The van der Waals surface area contributed by atoms with Crippen LogP contribution in [0.1, 0.15) is 25.8 Å². The molecule has 2 rings (SSSR count). The molecule has 0 unspecified atom stereocenters. The van der Waals surface area contributed by atoms with E-state index in [0.717, 1.165) is 6.42 Å². The highest BCUT2D eigenvalue weighted by Gasteiger charge is 2.62. The molecule has 0 aliphatic heterocycles. The summed E-state index contributed by atoms with van der Waals surface area (Å²) in [4.78, 5) is 12.2. The molecule has 0 spiro atoms. The van der Waals surface area contributed by atoms with Gasteiger partial charge >= 0.3 is 5.97 Å². The standard InChI is InChI=1S/C15H16Br2FIO2/c1-15(2)9(6-11(16)17)12(15)14(20)21-7-8-4-3-5-10(19)13(8)18/h3-5,9,11-12H,6-7H2,1-2H3/t9-,12+/m1/s1. The first kappa shape index (κ1) is 17.7. The molecule has 0 N–H and O–H groups in total. The van der Waals surface area contributed by atoms with Gasteiger partial charge in [-0.05, 0) is 46.4 Å². The van der Waals surface area contributed by atoms with E-state index in [1.165, 1.54) is 0 Å². The number of carbonyl (C=O) groups excluding carboxylic acids is 1. The summed E-state index contributed by atoms with van der Waals surface area (Å²) in [6.45, 7) is 4.13. The van der Waals surface area contributed by atoms with Gasteiger partial charge < -0.3 is 4.74 Å². The summed E-state index contributed by atoms with van der Waals surface area (Å²) in [6, 6.07) is 5.10. The number of ether oxygens (including phenoxy) is 1. The second-order valence-electron chi connectivity index (χ2n) is 5.85. The van der Waals surface area contributed by atoms with Crippen molar-refractivity contribution in [1.82, 2.24) is 0 Å². The predicted molar refractivity (Wildman–Crippen MR) is 95.9 cm³/mol. The molecule has 0 saturated heterocycles. The van der Waals surface area contributed by atoms with Gasteiger partial charge in [0.1, 0.15) is 12.4 Å². The van der Waals surface area contributed by atoms with Crippen LogP contribution in [0.15, 0.2) is 18.2 Å². The minimum absolute atomic E-state index is 0.00708. The highest BCUT2D eigenvalue weighted by atomic mass is 127. The van der Waals surface area contributed by atoms with Gasteiger partial charge in [0.25, 0.3) is 0 Å². The first-order valence-electron chi connectivity index (χ1n) is 6.62. The Morgan fingerprint density at radius 3 is 2.76 bits per heavy atom. The fourth-order valence-corrected chi connectivity index (χ4v) is 4.10. The van der Waals surface area contributed by atoms with Crippen molar-refractivity contribution in [3.05, 3.63) is 33.1 Å². The molecule has 0 aromatic heterocycles. The number of alkyl halides is 2. The Morgan fingerprint density at radius 1 is 1.48 bits per heavy atom. The Kier molecular flexibility index (Phi) is 5.74. The van der Waals surface area contributed by atoms with E-state index in [4.69, 9.17) is 4.74 Å². The van der Waals surface area contributed by atoms with Gasteiger partial charge in [-0.1, -0.05) is 57.8 Å². The van der Waals surface area contributed by atoms with Gasteiger partial charge in [0, 0.05) is 9.13 Å². The molecule has 1 aliphatic rings. The van der Waals surface area contributed by atoms with Crippen LogP contribution in [0.5, 0.6) is 0 Å². The molecule has 0 radical (unpaired) electrons. The highest BCUT2D eigenvalue weighted by molar-refractivity contribution is 14.1. The van der Waals surface area contributed by atoms with Crippen LogP contribution in [-0.2, 0) is 16.1 Å². The molecule has 0 bridgehead atoms. The lowest BCUT2D eigenvalue weighted by Gasteiger charge is -2.07. The minimum Gasteiger partial charge on any atom is -0.460 e. The second-order valence-corrected chi connectivity index (χ2v) is 10.5. The Labute approximate surface area is 154 Å². The van der Waals surface area contributed by atoms with E-state index < -0.39 is 0 Å². The van der Waals surface area contributed by atoms with Crippen molar-refractivity contribution in [2.24, 2.45) is 17.3 Å². The van der Waals surface area contributed by atoms with E-state index in [1.54, 1.807) is 18.2 Å². The van der Waals surface area contributed by atoms with E-state index >= 15 is 0 Å². The Hall–Kier alpha value is 0.310. The number of hydrogen-bond acceptors (Lipinski definition) is 2. The first-order chi connectivity index (χ1) is 9.75. The minimum atomic E-state index is -0.307. The topological polar surface area (TPSA) is 26.3 Å². The molecular formula is C15H16Br2FIO2. The first-order valence-corrected chi connectivity index (χ1v) is 9.53. The van der Waals surface area contributed by atoms with E-state index in [-0.39, 0.29) is 39.4 Å². The SMILES string of the molecule is CC1(C)[C@H](CC(Br)Br)[C@H]1C(=O)OCc1cccc(I)c1F. The van der Waals surface area contributed by atoms with Crippen LogP contribution >= 0.6 is 54.5 Å². The Bertz CT molecular complexity index is 548. The van der Waals surface area contributed by atoms with Crippen molar-refractivity contribution >= 4 is 60.4 Å². The van der Waals surface area contributed by atoms with Crippen LogP contribution in [0.25, 0.3) is 0 Å². The maximum atomic E-state index is 13.9. The van der Waals surface area contributed by atoms with E-state index in [1.807, 2.05) is 22.6 Å². The second kappa shape index (κ2) is 6.83. The van der Waals surface area contributed by atoms with Crippen molar-refractivity contribution in [3.8, 4) is 0 Å². The highest BCUT2D eigenvalue weighted by Crippen LogP contribution is 2.61. The van der Waals surface area contributed by atoms with E-state index in [0.29, 0.717) is 9.13 Å². The van der Waals surface area contributed by atoms with Crippen LogP contribution in [0.2, 0.25) is 0 Å². The maximum absolute atomic E-state index is 13.9. The average Bonchev–Trinajstić information content (AvgIpc) is 2.91. The zero-order valence-corrected chi connectivity index (χ0v) is 17.0. The summed E-state index contributed by atoms with van der Waals surface area (Å²) in [7, 11) is 0. The van der Waals surface area contributed by atoms with Gasteiger partial charge in [0.05, 0.1) is 9.65 Å². The van der Waals surface area contributed by atoms with Crippen molar-refractivity contribution in [2.75, 3.05) is 0 Å². The Balaban J connectivity index is 1.95. The maximum Gasteiger partial charge on any atom is 0.310 e. The summed E-state index contributed by atoms with van der Waals surface area (Å²) in [6.07, 6.45) is 0.865. The van der Waals surface area contributed by atoms with Gasteiger partial charge in [-0.25, -0.2) is 4.39 Å². The molecule has 116 valence electrons. The summed E-state index contributed by atoms with van der Waals surface area (Å²) in [5, 5.41) is 0. The molecule has 1 saturated carbocycles. The molecule has 0 heterocycles. The average molecular weight is 534 g/mol. The number of esters is 1. The zero-order chi connectivity index (χ0) is 15.8.